The van der Waals surface area contributed by atoms with Gasteiger partial charge in [0, 0.05) is 13.6 Å². The molecule has 0 aromatic heterocycles. The average molecular weight is 277 g/mol. The number of amides is 1. The summed E-state index contributed by atoms with van der Waals surface area (Å²) in [5.41, 5.74) is 1.07. The van der Waals surface area contributed by atoms with Gasteiger partial charge in [0.25, 0.3) is 5.91 Å². The molecule has 1 aliphatic carbocycles. The maximum absolute atomic E-state index is 12.2. The molecular weight excluding hydrogens is 254 g/mol. The molecule has 110 valence electrons. The summed E-state index contributed by atoms with van der Waals surface area (Å²) in [5, 5.41) is 9.26. The molecular formula is C16H23NO3. The standard InChI is InChI=1S/C16H23NO3/c1-12(20-11-13-6-4-3-5-7-13)16(19)17(2)10-14-8-15(18)9-14/h3-7,12,14-15,18H,8-11H2,1-2H3. The van der Waals surface area contributed by atoms with E-state index in [1.54, 1.807) is 18.9 Å². The summed E-state index contributed by atoms with van der Waals surface area (Å²) in [6, 6.07) is 9.84. The van der Waals surface area contributed by atoms with E-state index in [1.165, 1.54) is 0 Å². The van der Waals surface area contributed by atoms with E-state index in [0.717, 1.165) is 18.4 Å². The minimum Gasteiger partial charge on any atom is -0.393 e. The first-order valence-corrected chi connectivity index (χ1v) is 7.15. The smallest absolute Gasteiger partial charge is 0.251 e. The second-order valence-electron chi connectivity index (χ2n) is 5.65. The van der Waals surface area contributed by atoms with Crippen molar-refractivity contribution in [1.29, 1.82) is 0 Å². The van der Waals surface area contributed by atoms with Gasteiger partial charge in [-0.15, -0.1) is 0 Å². The van der Waals surface area contributed by atoms with Crippen molar-refractivity contribution in [2.45, 2.75) is 38.6 Å². The van der Waals surface area contributed by atoms with Crippen LogP contribution in [0.2, 0.25) is 0 Å². The van der Waals surface area contributed by atoms with Crippen LogP contribution in [-0.2, 0) is 16.1 Å². The van der Waals surface area contributed by atoms with E-state index >= 15 is 0 Å². The van der Waals surface area contributed by atoms with Gasteiger partial charge in [0.15, 0.2) is 0 Å². The summed E-state index contributed by atoms with van der Waals surface area (Å²) in [7, 11) is 1.80. The molecule has 1 saturated carbocycles. The van der Waals surface area contributed by atoms with Crippen LogP contribution in [0.1, 0.15) is 25.3 Å². The second kappa shape index (κ2) is 6.86. The van der Waals surface area contributed by atoms with Crippen LogP contribution in [0.15, 0.2) is 30.3 Å². The number of aliphatic hydroxyl groups is 1. The third-order valence-corrected chi connectivity index (χ3v) is 3.81. The van der Waals surface area contributed by atoms with Gasteiger partial charge in [-0.3, -0.25) is 4.79 Å². The fraction of sp³-hybridized carbons (Fsp3) is 0.562. The monoisotopic (exact) mass is 277 g/mol. The Morgan fingerprint density at radius 1 is 1.40 bits per heavy atom. The number of rotatable bonds is 6. The molecule has 1 aliphatic rings. The number of nitrogens with zero attached hydrogens (tertiary/aromatic N) is 1. The lowest BCUT2D eigenvalue weighted by Crippen LogP contribution is -2.43. The molecule has 1 aromatic carbocycles. The molecule has 1 N–H and O–H groups in total. The maximum Gasteiger partial charge on any atom is 0.251 e. The fourth-order valence-corrected chi connectivity index (χ4v) is 2.50. The highest BCUT2D eigenvalue weighted by molar-refractivity contribution is 5.80. The van der Waals surface area contributed by atoms with Gasteiger partial charge in [0.1, 0.15) is 6.10 Å². The highest BCUT2D eigenvalue weighted by atomic mass is 16.5. The zero-order valence-corrected chi connectivity index (χ0v) is 12.2. The van der Waals surface area contributed by atoms with Crippen molar-refractivity contribution in [1.82, 2.24) is 4.90 Å². The lowest BCUT2D eigenvalue weighted by Gasteiger charge is -2.35. The molecule has 2 rings (SSSR count). The largest absolute Gasteiger partial charge is 0.393 e. The van der Waals surface area contributed by atoms with Gasteiger partial charge in [-0.25, -0.2) is 0 Å². The van der Waals surface area contributed by atoms with Gasteiger partial charge < -0.3 is 14.7 Å². The molecule has 1 unspecified atom stereocenters. The van der Waals surface area contributed by atoms with Crippen LogP contribution in [0.3, 0.4) is 0 Å². The molecule has 1 amide bonds. The summed E-state index contributed by atoms with van der Waals surface area (Å²) in [4.78, 5) is 13.9. The van der Waals surface area contributed by atoms with Crippen molar-refractivity contribution in [3.8, 4) is 0 Å². The third-order valence-electron chi connectivity index (χ3n) is 3.81. The summed E-state index contributed by atoms with van der Waals surface area (Å²) < 4.78 is 5.62. The zero-order chi connectivity index (χ0) is 14.5. The minimum atomic E-state index is -0.440. The van der Waals surface area contributed by atoms with Crippen molar-refractivity contribution in [2.75, 3.05) is 13.6 Å². The van der Waals surface area contributed by atoms with Crippen LogP contribution in [-0.4, -0.2) is 41.7 Å². The first-order valence-electron chi connectivity index (χ1n) is 7.15. The van der Waals surface area contributed by atoms with Gasteiger partial charge in [0.05, 0.1) is 12.7 Å². The van der Waals surface area contributed by atoms with Gasteiger partial charge in [-0.05, 0) is 31.2 Å². The lowest BCUT2D eigenvalue weighted by molar-refractivity contribution is -0.143. The summed E-state index contributed by atoms with van der Waals surface area (Å²) in [6.45, 7) is 2.94. The van der Waals surface area contributed by atoms with Gasteiger partial charge in [0.2, 0.25) is 0 Å². The van der Waals surface area contributed by atoms with Crippen molar-refractivity contribution in [3.05, 3.63) is 35.9 Å². The number of carbonyl (C=O) groups is 1. The Kier molecular flexibility index (Phi) is 5.15. The molecule has 0 heterocycles. The maximum atomic E-state index is 12.2. The van der Waals surface area contributed by atoms with Crippen molar-refractivity contribution >= 4 is 5.91 Å². The van der Waals surface area contributed by atoms with Crippen LogP contribution >= 0.6 is 0 Å². The molecule has 0 saturated heterocycles. The number of likely N-dealkylation sites (N-methyl/N-ethyl adjacent to an activating group) is 1. The van der Waals surface area contributed by atoms with E-state index in [-0.39, 0.29) is 12.0 Å². The number of hydrogen-bond donors (Lipinski definition) is 1. The van der Waals surface area contributed by atoms with Crippen LogP contribution in [0.4, 0.5) is 0 Å². The van der Waals surface area contributed by atoms with Gasteiger partial charge >= 0.3 is 0 Å². The van der Waals surface area contributed by atoms with Crippen molar-refractivity contribution < 1.29 is 14.6 Å². The van der Waals surface area contributed by atoms with Crippen LogP contribution in [0.25, 0.3) is 0 Å². The molecule has 4 heteroatoms. The Labute approximate surface area is 120 Å². The Morgan fingerprint density at radius 2 is 2.05 bits per heavy atom. The van der Waals surface area contributed by atoms with Crippen molar-refractivity contribution in [3.63, 3.8) is 0 Å². The number of carbonyl (C=O) groups excluding carboxylic acids is 1. The molecule has 1 fully saturated rings. The number of hydrogen-bond acceptors (Lipinski definition) is 3. The average Bonchev–Trinajstić information content (AvgIpc) is 2.43. The Balaban J connectivity index is 1.73. The first-order chi connectivity index (χ1) is 9.56. The molecule has 0 spiro atoms. The fourth-order valence-electron chi connectivity index (χ4n) is 2.50. The summed E-state index contributed by atoms with van der Waals surface area (Å²) >= 11 is 0. The molecule has 0 bridgehead atoms. The lowest BCUT2D eigenvalue weighted by atomic mass is 9.82. The quantitative estimate of drug-likeness (QED) is 0.863. The summed E-state index contributed by atoms with van der Waals surface area (Å²) in [5.74, 6) is 0.433. The molecule has 4 nitrogen and oxygen atoms in total. The van der Waals surface area contributed by atoms with Crippen LogP contribution in [0, 0.1) is 5.92 Å². The predicted octanol–water partition coefficient (Wildman–Crippen LogP) is 1.82. The van der Waals surface area contributed by atoms with E-state index in [9.17, 15) is 9.90 Å². The van der Waals surface area contributed by atoms with E-state index < -0.39 is 6.10 Å². The van der Waals surface area contributed by atoms with Crippen LogP contribution < -0.4 is 0 Å². The summed E-state index contributed by atoms with van der Waals surface area (Å²) in [6.07, 6.45) is 0.994. The van der Waals surface area contributed by atoms with Crippen LogP contribution in [0.5, 0.6) is 0 Å². The molecule has 0 aliphatic heterocycles. The Hall–Kier alpha value is -1.39. The van der Waals surface area contributed by atoms with Crippen molar-refractivity contribution in [2.24, 2.45) is 5.92 Å². The number of benzene rings is 1. The third kappa shape index (κ3) is 4.05. The first kappa shape index (κ1) is 15.0. The Morgan fingerprint density at radius 3 is 2.65 bits per heavy atom. The molecule has 0 radical (unpaired) electrons. The Bertz CT molecular complexity index is 429. The zero-order valence-electron chi connectivity index (χ0n) is 12.2. The normalized spacial score (nSPS) is 22.9. The molecule has 1 atom stereocenters. The second-order valence-corrected chi connectivity index (χ2v) is 5.65. The highest BCUT2D eigenvalue weighted by Gasteiger charge is 2.30. The van der Waals surface area contributed by atoms with E-state index in [0.29, 0.717) is 19.1 Å². The SMILES string of the molecule is CC(OCc1ccccc1)C(=O)N(C)CC1CC(O)C1. The minimum absolute atomic E-state index is 0.00215. The van der Waals surface area contributed by atoms with Gasteiger partial charge in [-0.2, -0.15) is 0 Å². The molecule has 20 heavy (non-hydrogen) atoms. The number of ether oxygens (including phenoxy) is 1. The van der Waals surface area contributed by atoms with E-state index in [1.807, 2.05) is 30.3 Å². The van der Waals surface area contributed by atoms with Gasteiger partial charge in [-0.1, -0.05) is 30.3 Å². The predicted molar refractivity (Wildman–Crippen MR) is 77.1 cm³/mol. The molecule has 1 aromatic rings. The topological polar surface area (TPSA) is 49.8 Å². The van der Waals surface area contributed by atoms with E-state index in [4.69, 9.17) is 4.74 Å². The van der Waals surface area contributed by atoms with E-state index in [2.05, 4.69) is 0 Å². The number of aliphatic hydroxyl groups excluding tert-OH is 1. The highest BCUT2D eigenvalue weighted by Crippen LogP contribution is 2.27.